The Morgan fingerprint density at radius 1 is 1.09 bits per heavy atom. The largest absolute Gasteiger partial charge is 0.504 e. The Bertz CT molecular complexity index is 1080. The van der Waals surface area contributed by atoms with Gasteiger partial charge < -0.3 is 29.4 Å². The molecule has 0 aliphatic carbocycles. The van der Waals surface area contributed by atoms with Crippen LogP contribution in [-0.4, -0.2) is 43.2 Å². The van der Waals surface area contributed by atoms with Gasteiger partial charge in [-0.25, -0.2) is 4.98 Å². The number of para-hydroxylation sites is 1. The molecule has 1 aromatic heterocycles. The summed E-state index contributed by atoms with van der Waals surface area (Å²) >= 11 is 0. The van der Waals surface area contributed by atoms with Crippen LogP contribution in [-0.2, 0) is 4.74 Å². The van der Waals surface area contributed by atoms with Crippen molar-refractivity contribution in [1.29, 1.82) is 0 Å². The van der Waals surface area contributed by atoms with Crippen LogP contribution in [0.25, 0.3) is 22.4 Å². The first-order valence-electron chi connectivity index (χ1n) is 10.7. The number of methoxy groups -OCH3 is 1. The number of aromatic hydroxyl groups is 1. The predicted octanol–water partition coefficient (Wildman–Crippen LogP) is 5.09. The summed E-state index contributed by atoms with van der Waals surface area (Å²) in [5.74, 6) is 2.68. The zero-order valence-corrected chi connectivity index (χ0v) is 18.6. The minimum Gasteiger partial charge on any atom is -0.504 e. The molecule has 3 aromatic rings. The molecular weight excluding hydrogens is 408 g/mol. The van der Waals surface area contributed by atoms with Crippen LogP contribution < -0.4 is 19.5 Å². The van der Waals surface area contributed by atoms with Crippen molar-refractivity contribution in [1.82, 2.24) is 4.98 Å². The Labute approximate surface area is 187 Å². The van der Waals surface area contributed by atoms with E-state index in [9.17, 15) is 5.11 Å². The van der Waals surface area contributed by atoms with Gasteiger partial charge in [0.25, 0.3) is 0 Å². The van der Waals surface area contributed by atoms with Crippen molar-refractivity contribution in [2.75, 3.05) is 32.4 Å². The number of anilines is 1. The molecule has 0 amide bonds. The molecule has 32 heavy (non-hydrogen) atoms. The maximum atomic E-state index is 9.98. The van der Waals surface area contributed by atoms with Crippen LogP contribution in [0.5, 0.6) is 23.0 Å². The third-order valence-electron chi connectivity index (χ3n) is 5.09. The molecule has 0 spiro atoms. The van der Waals surface area contributed by atoms with Crippen molar-refractivity contribution in [3.63, 3.8) is 0 Å². The topological polar surface area (TPSA) is 82.1 Å². The molecule has 2 heterocycles. The second-order valence-electron chi connectivity index (χ2n) is 7.75. The van der Waals surface area contributed by atoms with Crippen molar-refractivity contribution in [2.45, 2.75) is 26.4 Å². The molecule has 2 N–H and O–H groups in total. The summed E-state index contributed by atoms with van der Waals surface area (Å²) in [4.78, 5) is 4.80. The van der Waals surface area contributed by atoms with Crippen LogP contribution in [0, 0.1) is 0 Å². The molecule has 1 aliphatic heterocycles. The zero-order valence-electron chi connectivity index (χ0n) is 18.6. The Balaban J connectivity index is 1.68. The normalized spacial score (nSPS) is 12.2. The minimum atomic E-state index is 0.0855. The number of phenols is 1. The third kappa shape index (κ3) is 4.89. The molecular formula is C25H28N2O5. The smallest absolute Gasteiger partial charge is 0.231 e. The van der Waals surface area contributed by atoms with E-state index in [2.05, 4.69) is 5.32 Å². The molecule has 0 atom stereocenters. The first-order chi connectivity index (χ1) is 15.5. The molecule has 0 saturated heterocycles. The molecule has 168 valence electrons. The highest BCUT2D eigenvalue weighted by atomic mass is 16.7. The highest BCUT2D eigenvalue weighted by Gasteiger charge is 2.19. The average molecular weight is 437 g/mol. The second-order valence-corrected chi connectivity index (χ2v) is 7.75. The van der Waals surface area contributed by atoms with E-state index in [0.717, 1.165) is 52.7 Å². The third-order valence-corrected chi connectivity index (χ3v) is 5.09. The van der Waals surface area contributed by atoms with Crippen LogP contribution in [0.1, 0.15) is 20.3 Å². The van der Waals surface area contributed by atoms with Gasteiger partial charge in [0.15, 0.2) is 23.0 Å². The van der Waals surface area contributed by atoms with Crippen molar-refractivity contribution < 1.29 is 24.1 Å². The molecule has 0 fully saturated rings. The van der Waals surface area contributed by atoms with Crippen LogP contribution >= 0.6 is 0 Å². The van der Waals surface area contributed by atoms with Gasteiger partial charge in [-0.15, -0.1) is 0 Å². The SMILES string of the molecule is COc1cc(-c2cc(-c3cccc4c3OCO4)cc(NCCCOC(C)C)n2)ccc1O. The van der Waals surface area contributed by atoms with Crippen molar-refractivity contribution in [2.24, 2.45) is 0 Å². The number of fused-ring (bicyclic) bond motifs is 1. The number of hydrogen-bond donors (Lipinski definition) is 2. The Hall–Kier alpha value is -3.45. The van der Waals surface area contributed by atoms with Crippen LogP contribution in [0.4, 0.5) is 5.82 Å². The number of benzene rings is 2. The van der Waals surface area contributed by atoms with E-state index in [1.165, 1.54) is 7.11 Å². The molecule has 7 heteroatoms. The van der Waals surface area contributed by atoms with E-state index in [-0.39, 0.29) is 18.6 Å². The predicted molar refractivity (Wildman–Crippen MR) is 124 cm³/mol. The van der Waals surface area contributed by atoms with Gasteiger partial charge in [0.2, 0.25) is 6.79 Å². The standard InChI is InChI=1S/C25H28N2O5/c1-16(2)30-11-5-10-26-24-14-18(19-6-4-7-22-25(19)32-15-31-22)12-20(27-24)17-8-9-21(28)23(13-17)29-3/h4,6-9,12-14,16,28H,5,10-11,15H2,1-3H3,(H,26,27). The number of rotatable bonds is 9. The van der Waals surface area contributed by atoms with Gasteiger partial charge in [0, 0.05) is 24.3 Å². The fraction of sp³-hybridized carbons (Fsp3) is 0.320. The highest BCUT2D eigenvalue weighted by Crippen LogP contribution is 2.42. The Morgan fingerprint density at radius 2 is 1.97 bits per heavy atom. The first-order valence-corrected chi connectivity index (χ1v) is 10.7. The van der Waals surface area contributed by atoms with Gasteiger partial charge in [-0.05, 0) is 62.2 Å². The van der Waals surface area contributed by atoms with E-state index in [1.54, 1.807) is 12.1 Å². The van der Waals surface area contributed by atoms with Gasteiger partial charge >= 0.3 is 0 Å². The molecule has 2 aromatic carbocycles. The van der Waals surface area contributed by atoms with Crippen molar-refractivity contribution in [3.05, 3.63) is 48.5 Å². The lowest BCUT2D eigenvalue weighted by atomic mass is 10.0. The highest BCUT2D eigenvalue weighted by molar-refractivity contribution is 5.80. The van der Waals surface area contributed by atoms with Gasteiger partial charge in [-0.1, -0.05) is 12.1 Å². The number of nitrogens with one attached hydrogen (secondary N) is 1. The lowest BCUT2D eigenvalue weighted by molar-refractivity contribution is 0.0787. The number of nitrogens with zero attached hydrogens (tertiary/aromatic N) is 1. The molecule has 0 saturated carbocycles. The first kappa shape index (κ1) is 21.8. The van der Waals surface area contributed by atoms with Crippen molar-refractivity contribution >= 4 is 5.82 Å². The number of pyridine rings is 1. The van der Waals surface area contributed by atoms with E-state index in [1.807, 2.05) is 50.2 Å². The quantitative estimate of drug-likeness (QED) is 0.452. The van der Waals surface area contributed by atoms with Crippen molar-refractivity contribution in [3.8, 4) is 45.4 Å². The van der Waals surface area contributed by atoms with Gasteiger partial charge in [-0.3, -0.25) is 0 Å². The maximum Gasteiger partial charge on any atom is 0.231 e. The molecule has 4 rings (SSSR count). The summed E-state index contributed by atoms with van der Waals surface area (Å²) in [6.45, 7) is 5.68. The monoisotopic (exact) mass is 436 g/mol. The van der Waals surface area contributed by atoms with Gasteiger partial charge in [-0.2, -0.15) is 0 Å². The summed E-state index contributed by atoms with van der Waals surface area (Å²) in [7, 11) is 1.53. The molecule has 0 bridgehead atoms. The van der Waals surface area contributed by atoms with Crippen LogP contribution in [0.3, 0.4) is 0 Å². The van der Waals surface area contributed by atoms with Crippen LogP contribution in [0.15, 0.2) is 48.5 Å². The van der Waals surface area contributed by atoms with E-state index < -0.39 is 0 Å². The number of hydrogen-bond acceptors (Lipinski definition) is 7. The second kappa shape index (κ2) is 9.78. The Morgan fingerprint density at radius 3 is 2.78 bits per heavy atom. The van der Waals surface area contributed by atoms with Gasteiger partial charge in [0.1, 0.15) is 5.82 Å². The maximum absolute atomic E-state index is 9.98. The molecule has 7 nitrogen and oxygen atoms in total. The average Bonchev–Trinajstić information content (AvgIpc) is 3.28. The summed E-state index contributed by atoms with van der Waals surface area (Å²) in [5.41, 5.74) is 3.46. The fourth-order valence-electron chi connectivity index (χ4n) is 3.53. The van der Waals surface area contributed by atoms with Crippen LogP contribution in [0.2, 0.25) is 0 Å². The lowest BCUT2D eigenvalue weighted by Crippen LogP contribution is -2.10. The Kier molecular flexibility index (Phi) is 6.66. The summed E-state index contributed by atoms with van der Waals surface area (Å²) in [5, 5.41) is 13.4. The molecule has 0 unspecified atom stereocenters. The minimum absolute atomic E-state index is 0.0855. The van der Waals surface area contributed by atoms with E-state index >= 15 is 0 Å². The fourth-order valence-corrected chi connectivity index (χ4v) is 3.53. The van der Waals surface area contributed by atoms with E-state index in [0.29, 0.717) is 12.4 Å². The molecule has 0 radical (unpaired) electrons. The summed E-state index contributed by atoms with van der Waals surface area (Å²) in [6, 6.07) is 15.0. The number of ether oxygens (including phenoxy) is 4. The molecule has 1 aliphatic rings. The van der Waals surface area contributed by atoms with Gasteiger partial charge in [0.05, 0.1) is 18.9 Å². The number of phenolic OH excluding ortho intramolecular Hbond substituents is 1. The van der Waals surface area contributed by atoms with E-state index in [4.69, 9.17) is 23.9 Å². The lowest BCUT2D eigenvalue weighted by Gasteiger charge is -2.14. The number of aromatic nitrogens is 1. The summed E-state index contributed by atoms with van der Waals surface area (Å²) in [6.07, 6.45) is 1.08. The zero-order chi connectivity index (χ0) is 22.5. The summed E-state index contributed by atoms with van der Waals surface area (Å²) < 4.78 is 22.2.